The molecule has 10 heteroatoms. The zero-order chi connectivity index (χ0) is 18.4. The van der Waals surface area contributed by atoms with Crippen molar-refractivity contribution in [3.8, 4) is 0 Å². The topological polar surface area (TPSA) is 99.8 Å². The van der Waals surface area contributed by atoms with E-state index < -0.39 is 16.1 Å². The van der Waals surface area contributed by atoms with E-state index in [9.17, 15) is 17.9 Å². The van der Waals surface area contributed by atoms with Crippen LogP contribution in [0.4, 0.5) is 10.3 Å². The molecule has 0 saturated carbocycles. The molecule has 0 unspecified atom stereocenters. The molecule has 1 aliphatic rings. The van der Waals surface area contributed by atoms with Crippen LogP contribution in [0.5, 0.6) is 0 Å². The van der Waals surface area contributed by atoms with Crippen LogP contribution >= 0.6 is 0 Å². The third kappa shape index (κ3) is 3.60. The molecule has 0 aromatic carbocycles. The van der Waals surface area contributed by atoms with Crippen LogP contribution in [0.25, 0.3) is 5.52 Å². The van der Waals surface area contributed by atoms with Gasteiger partial charge in [0.25, 0.3) is 0 Å². The summed E-state index contributed by atoms with van der Waals surface area (Å²) in [4.78, 5) is 4.16. The Bertz CT molecular complexity index is 883. The molecule has 1 aliphatic heterocycles. The van der Waals surface area contributed by atoms with Crippen LogP contribution in [0.15, 0.2) is 12.3 Å². The molecule has 3 heterocycles. The molecule has 3 rings (SSSR count). The summed E-state index contributed by atoms with van der Waals surface area (Å²) in [5.41, 5.74) is 1.02. The maximum atomic E-state index is 14.1. The number of rotatable bonds is 4. The summed E-state index contributed by atoms with van der Waals surface area (Å²) in [6, 6.07) is 1.01. The lowest BCUT2D eigenvalue weighted by Gasteiger charge is -2.34. The van der Waals surface area contributed by atoms with Gasteiger partial charge in [-0.1, -0.05) is 13.8 Å². The first-order valence-electron chi connectivity index (χ1n) is 8.10. The largest absolute Gasteiger partial charge is 0.390 e. The van der Waals surface area contributed by atoms with Crippen molar-refractivity contribution in [2.45, 2.75) is 38.3 Å². The van der Waals surface area contributed by atoms with Crippen LogP contribution in [0.1, 0.15) is 31.9 Å². The number of piperidine rings is 1. The number of aliphatic hydroxyl groups excluding tert-OH is 1. The van der Waals surface area contributed by atoms with Gasteiger partial charge in [-0.2, -0.15) is 4.31 Å². The Kier molecular flexibility index (Phi) is 4.69. The van der Waals surface area contributed by atoms with E-state index in [0.717, 1.165) is 6.26 Å². The lowest BCUT2D eigenvalue weighted by molar-refractivity contribution is 0.0950. The highest BCUT2D eigenvalue weighted by Gasteiger charge is 2.32. The van der Waals surface area contributed by atoms with Gasteiger partial charge in [0.15, 0.2) is 0 Å². The van der Waals surface area contributed by atoms with Crippen LogP contribution < -0.4 is 5.32 Å². The summed E-state index contributed by atoms with van der Waals surface area (Å²) in [5, 5.41) is 17.6. The average Bonchev–Trinajstić information content (AvgIpc) is 2.83. The number of aliphatic hydroxyl groups is 1. The smallest absolute Gasteiger partial charge is 0.241 e. The van der Waals surface area contributed by atoms with Crippen LogP contribution in [-0.2, 0) is 10.0 Å². The number of β-amino-alcohol motifs (C(OH)–C–C–N with tert-alkyl or cyclic N) is 1. The van der Waals surface area contributed by atoms with Gasteiger partial charge in [0.2, 0.25) is 16.0 Å². The van der Waals surface area contributed by atoms with Crippen molar-refractivity contribution < 1.29 is 17.9 Å². The zero-order valence-electron chi connectivity index (χ0n) is 14.3. The second-order valence-electron chi connectivity index (χ2n) is 6.68. The standard InChI is InChI=1S/C15H22FN5O3S/c1-9(2)14-11(16)6-10-7-17-15(19-21(10)14)18-12-4-5-20(8-13(12)22)25(3,23)24/h6-7,9,12-13,22H,4-5,8H2,1-3H3,(H,18,19)/t12-,13-/m1/s1. The van der Waals surface area contributed by atoms with E-state index in [1.54, 1.807) is 0 Å². The molecular formula is C15H22FN5O3S. The van der Waals surface area contributed by atoms with E-state index in [-0.39, 0.29) is 30.3 Å². The van der Waals surface area contributed by atoms with Crippen molar-refractivity contribution in [3.63, 3.8) is 0 Å². The van der Waals surface area contributed by atoms with Gasteiger partial charge in [-0.05, 0) is 12.3 Å². The molecule has 8 nitrogen and oxygen atoms in total. The number of halogens is 1. The highest BCUT2D eigenvalue weighted by atomic mass is 32.2. The maximum Gasteiger partial charge on any atom is 0.241 e. The minimum atomic E-state index is -3.33. The Morgan fingerprint density at radius 3 is 2.76 bits per heavy atom. The minimum Gasteiger partial charge on any atom is -0.390 e. The quantitative estimate of drug-likeness (QED) is 0.825. The second-order valence-corrected chi connectivity index (χ2v) is 8.66. The second kappa shape index (κ2) is 6.50. The molecule has 2 atom stereocenters. The number of nitrogens with one attached hydrogen (secondary N) is 1. The van der Waals surface area contributed by atoms with Crippen LogP contribution in [-0.4, -0.2) is 63.9 Å². The van der Waals surface area contributed by atoms with Crippen molar-refractivity contribution in [1.82, 2.24) is 18.9 Å². The van der Waals surface area contributed by atoms with Crippen molar-refractivity contribution in [2.75, 3.05) is 24.7 Å². The summed E-state index contributed by atoms with van der Waals surface area (Å²) < 4.78 is 40.0. The fourth-order valence-corrected chi connectivity index (χ4v) is 3.94. The van der Waals surface area contributed by atoms with E-state index >= 15 is 0 Å². The Balaban J connectivity index is 1.81. The highest BCUT2D eigenvalue weighted by Crippen LogP contribution is 2.23. The predicted octanol–water partition coefficient (Wildman–Crippen LogP) is 0.798. The number of hydrogen-bond acceptors (Lipinski definition) is 6. The van der Waals surface area contributed by atoms with Gasteiger partial charge < -0.3 is 10.4 Å². The summed E-state index contributed by atoms with van der Waals surface area (Å²) in [6.45, 7) is 4.09. The number of anilines is 1. The first-order chi connectivity index (χ1) is 11.7. The Morgan fingerprint density at radius 1 is 1.44 bits per heavy atom. The van der Waals surface area contributed by atoms with Crippen molar-refractivity contribution in [2.24, 2.45) is 0 Å². The fourth-order valence-electron chi connectivity index (χ4n) is 3.08. The van der Waals surface area contributed by atoms with Gasteiger partial charge in [-0.15, -0.1) is 5.10 Å². The molecule has 138 valence electrons. The first-order valence-corrected chi connectivity index (χ1v) is 9.95. The van der Waals surface area contributed by atoms with Crippen LogP contribution in [0.3, 0.4) is 0 Å². The predicted molar refractivity (Wildman–Crippen MR) is 91.5 cm³/mol. The van der Waals surface area contributed by atoms with Gasteiger partial charge >= 0.3 is 0 Å². The molecule has 2 N–H and O–H groups in total. The number of sulfonamides is 1. The van der Waals surface area contributed by atoms with E-state index in [1.165, 1.54) is 21.1 Å². The van der Waals surface area contributed by atoms with E-state index in [2.05, 4.69) is 15.4 Å². The van der Waals surface area contributed by atoms with Gasteiger partial charge in [0.1, 0.15) is 5.82 Å². The summed E-state index contributed by atoms with van der Waals surface area (Å²) in [6.07, 6.45) is 2.18. The summed E-state index contributed by atoms with van der Waals surface area (Å²) in [5.74, 6) is -0.112. The Morgan fingerprint density at radius 2 is 2.16 bits per heavy atom. The summed E-state index contributed by atoms with van der Waals surface area (Å²) in [7, 11) is -3.33. The molecule has 25 heavy (non-hydrogen) atoms. The van der Waals surface area contributed by atoms with Gasteiger partial charge in [0.05, 0.1) is 35.8 Å². The van der Waals surface area contributed by atoms with Gasteiger partial charge in [-0.25, -0.2) is 22.3 Å². The van der Waals surface area contributed by atoms with Gasteiger partial charge in [-0.3, -0.25) is 0 Å². The van der Waals surface area contributed by atoms with E-state index in [1.807, 2.05) is 13.8 Å². The number of fused-ring (bicyclic) bond motifs is 1. The van der Waals surface area contributed by atoms with Crippen molar-refractivity contribution in [3.05, 3.63) is 23.8 Å². The molecule has 1 fully saturated rings. The summed E-state index contributed by atoms with van der Waals surface area (Å²) >= 11 is 0. The monoisotopic (exact) mass is 371 g/mol. The lowest BCUT2D eigenvalue weighted by Crippen LogP contribution is -2.51. The normalized spacial score (nSPS) is 22.6. The Hall–Kier alpha value is -1.78. The lowest BCUT2D eigenvalue weighted by atomic mass is 10.0. The Labute approximate surface area is 145 Å². The molecular weight excluding hydrogens is 349 g/mol. The molecule has 2 aromatic heterocycles. The SMILES string of the molecule is CC(C)c1c(F)cc2cnc(N[C@@H]3CCN(S(C)(=O)=O)C[C@H]3O)nn12. The maximum absolute atomic E-state index is 14.1. The third-order valence-corrected chi connectivity index (χ3v) is 5.65. The molecule has 0 radical (unpaired) electrons. The minimum absolute atomic E-state index is 0.0220. The number of hydrogen-bond donors (Lipinski definition) is 2. The molecule has 1 saturated heterocycles. The molecule has 0 bridgehead atoms. The van der Waals surface area contributed by atoms with Crippen molar-refractivity contribution >= 4 is 21.5 Å². The molecule has 0 aliphatic carbocycles. The third-order valence-electron chi connectivity index (χ3n) is 4.38. The molecule has 0 spiro atoms. The first kappa shape index (κ1) is 18.0. The molecule has 2 aromatic rings. The highest BCUT2D eigenvalue weighted by molar-refractivity contribution is 7.88. The van der Waals surface area contributed by atoms with Crippen LogP contribution in [0, 0.1) is 5.82 Å². The van der Waals surface area contributed by atoms with Gasteiger partial charge in [0, 0.05) is 19.2 Å². The molecule has 0 amide bonds. The van der Waals surface area contributed by atoms with Crippen molar-refractivity contribution in [1.29, 1.82) is 0 Å². The number of nitrogens with zero attached hydrogens (tertiary/aromatic N) is 4. The average molecular weight is 371 g/mol. The van der Waals surface area contributed by atoms with Crippen LogP contribution in [0.2, 0.25) is 0 Å². The number of aromatic nitrogens is 3. The zero-order valence-corrected chi connectivity index (χ0v) is 15.2. The fraction of sp³-hybridized carbons (Fsp3) is 0.600. The van der Waals surface area contributed by atoms with E-state index in [4.69, 9.17) is 0 Å². The van der Waals surface area contributed by atoms with E-state index in [0.29, 0.717) is 24.2 Å².